The summed E-state index contributed by atoms with van der Waals surface area (Å²) in [5, 5.41) is 3.58. The van der Waals surface area contributed by atoms with Crippen molar-refractivity contribution in [2.75, 3.05) is 13.2 Å². The predicted molar refractivity (Wildman–Crippen MR) is 78.9 cm³/mol. The molecule has 1 saturated heterocycles. The zero-order valence-electron chi connectivity index (χ0n) is 11.0. The van der Waals surface area contributed by atoms with Gasteiger partial charge in [0.15, 0.2) is 0 Å². The van der Waals surface area contributed by atoms with Crippen molar-refractivity contribution in [3.8, 4) is 0 Å². The van der Waals surface area contributed by atoms with Gasteiger partial charge in [0.2, 0.25) is 0 Å². The Morgan fingerprint density at radius 1 is 1.39 bits per heavy atom. The minimum absolute atomic E-state index is 0.366. The molecule has 1 aliphatic rings. The molecule has 1 heterocycles. The Morgan fingerprint density at radius 2 is 2.22 bits per heavy atom. The van der Waals surface area contributed by atoms with E-state index >= 15 is 0 Å². The molecular weight excluding hydrogens is 290 g/mol. The van der Waals surface area contributed by atoms with Crippen molar-refractivity contribution in [2.24, 2.45) is 0 Å². The fourth-order valence-electron chi connectivity index (χ4n) is 2.58. The van der Waals surface area contributed by atoms with Crippen LogP contribution >= 0.6 is 15.9 Å². The van der Waals surface area contributed by atoms with E-state index in [1.165, 1.54) is 29.3 Å². The zero-order valence-corrected chi connectivity index (χ0v) is 12.6. The molecule has 1 aliphatic heterocycles. The van der Waals surface area contributed by atoms with Crippen molar-refractivity contribution < 1.29 is 4.74 Å². The van der Waals surface area contributed by atoms with Crippen LogP contribution < -0.4 is 5.32 Å². The second-order valence-corrected chi connectivity index (χ2v) is 5.72. The molecule has 1 N–H and O–H groups in total. The predicted octanol–water partition coefficient (Wildman–Crippen LogP) is 3.54. The molecule has 0 amide bonds. The molecule has 2 rings (SSSR count). The Kier molecular flexibility index (Phi) is 5.67. The molecule has 2 nitrogen and oxygen atoms in total. The minimum Gasteiger partial charge on any atom is -0.377 e. The van der Waals surface area contributed by atoms with Crippen molar-refractivity contribution in [1.82, 2.24) is 5.32 Å². The summed E-state index contributed by atoms with van der Waals surface area (Å²) in [5.41, 5.74) is 1.36. The number of halogens is 1. The van der Waals surface area contributed by atoms with Crippen LogP contribution in [0, 0.1) is 0 Å². The fourth-order valence-corrected chi connectivity index (χ4v) is 3.03. The molecule has 0 saturated carbocycles. The maximum absolute atomic E-state index is 5.93. The summed E-state index contributed by atoms with van der Waals surface area (Å²) < 4.78 is 7.12. The third kappa shape index (κ3) is 3.81. The van der Waals surface area contributed by atoms with Gasteiger partial charge in [-0.05, 0) is 43.9 Å². The number of likely N-dealkylation sites (N-methyl/N-ethyl adjacent to an activating group) is 1. The van der Waals surface area contributed by atoms with Gasteiger partial charge in [-0.2, -0.15) is 0 Å². The Labute approximate surface area is 118 Å². The third-order valence-corrected chi connectivity index (χ3v) is 4.30. The molecule has 18 heavy (non-hydrogen) atoms. The summed E-state index contributed by atoms with van der Waals surface area (Å²) in [7, 11) is 0. The average Bonchev–Trinajstić information content (AvgIpc) is 2.42. The van der Waals surface area contributed by atoms with Crippen LogP contribution in [-0.2, 0) is 11.2 Å². The molecule has 0 radical (unpaired) electrons. The zero-order chi connectivity index (χ0) is 12.8. The molecule has 1 aromatic rings. The smallest absolute Gasteiger partial charge is 0.0731 e. The summed E-state index contributed by atoms with van der Waals surface area (Å²) in [6, 6.07) is 8.89. The first kappa shape index (κ1) is 14.0. The van der Waals surface area contributed by atoms with Crippen molar-refractivity contribution in [3.63, 3.8) is 0 Å². The SMILES string of the molecule is CCNC(Cc1ccccc1Br)C1CCCCO1. The molecular formula is C15H22BrNO. The lowest BCUT2D eigenvalue weighted by atomic mass is 9.96. The van der Waals surface area contributed by atoms with Crippen LogP contribution in [0.1, 0.15) is 31.7 Å². The van der Waals surface area contributed by atoms with Gasteiger partial charge in [0, 0.05) is 17.1 Å². The van der Waals surface area contributed by atoms with Crippen LogP contribution in [0.4, 0.5) is 0 Å². The first-order valence-electron chi connectivity index (χ1n) is 6.89. The average molecular weight is 312 g/mol. The van der Waals surface area contributed by atoms with Crippen LogP contribution in [-0.4, -0.2) is 25.3 Å². The highest BCUT2D eigenvalue weighted by Crippen LogP contribution is 2.22. The van der Waals surface area contributed by atoms with Crippen molar-refractivity contribution in [3.05, 3.63) is 34.3 Å². The van der Waals surface area contributed by atoms with E-state index in [4.69, 9.17) is 4.74 Å². The maximum Gasteiger partial charge on any atom is 0.0731 e. The third-order valence-electron chi connectivity index (χ3n) is 3.53. The fraction of sp³-hybridized carbons (Fsp3) is 0.600. The molecule has 0 aromatic heterocycles. The van der Waals surface area contributed by atoms with Crippen LogP contribution in [0.25, 0.3) is 0 Å². The van der Waals surface area contributed by atoms with Gasteiger partial charge in [0.05, 0.1) is 6.10 Å². The molecule has 3 heteroatoms. The Bertz CT molecular complexity index is 363. The lowest BCUT2D eigenvalue weighted by Gasteiger charge is -2.31. The number of rotatable bonds is 5. The van der Waals surface area contributed by atoms with Crippen LogP contribution in [0.2, 0.25) is 0 Å². The quantitative estimate of drug-likeness (QED) is 0.898. The molecule has 1 aromatic carbocycles. The molecule has 0 aliphatic carbocycles. The van der Waals surface area contributed by atoms with Crippen LogP contribution in [0.3, 0.4) is 0 Å². The Balaban J connectivity index is 2.03. The highest BCUT2D eigenvalue weighted by atomic mass is 79.9. The van der Waals surface area contributed by atoms with Crippen molar-refractivity contribution in [2.45, 2.75) is 44.8 Å². The number of benzene rings is 1. The number of hydrogen-bond donors (Lipinski definition) is 1. The number of nitrogens with one attached hydrogen (secondary N) is 1. The molecule has 2 atom stereocenters. The highest BCUT2D eigenvalue weighted by Gasteiger charge is 2.24. The van der Waals surface area contributed by atoms with Gasteiger partial charge in [-0.25, -0.2) is 0 Å². The van der Waals surface area contributed by atoms with Gasteiger partial charge in [-0.15, -0.1) is 0 Å². The maximum atomic E-state index is 5.93. The monoisotopic (exact) mass is 311 g/mol. The molecule has 0 spiro atoms. The summed E-state index contributed by atoms with van der Waals surface area (Å²) in [4.78, 5) is 0. The van der Waals surface area contributed by atoms with E-state index in [0.717, 1.165) is 19.6 Å². The Hall–Kier alpha value is -0.380. The highest BCUT2D eigenvalue weighted by molar-refractivity contribution is 9.10. The number of ether oxygens (including phenoxy) is 1. The largest absolute Gasteiger partial charge is 0.377 e. The molecule has 100 valence electrons. The summed E-state index contributed by atoms with van der Waals surface area (Å²) in [6.45, 7) is 4.08. The standard InChI is InChI=1S/C15H22BrNO/c1-2-17-14(15-9-5-6-10-18-15)11-12-7-3-4-8-13(12)16/h3-4,7-8,14-15,17H,2,5-6,9-11H2,1H3. The van der Waals surface area contributed by atoms with Gasteiger partial charge in [0.1, 0.15) is 0 Å². The molecule has 1 fully saturated rings. The molecule has 2 unspecified atom stereocenters. The van der Waals surface area contributed by atoms with E-state index in [-0.39, 0.29) is 0 Å². The van der Waals surface area contributed by atoms with Crippen LogP contribution in [0.15, 0.2) is 28.7 Å². The van der Waals surface area contributed by atoms with Crippen LogP contribution in [0.5, 0.6) is 0 Å². The lowest BCUT2D eigenvalue weighted by molar-refractivity contribution is -0.00712. The minimum atomic E-state index is 0.366. The van der Waals surface area contributed by atoms with Crippen molar-refractivity contribution in [1.29, 1.82) is 0 Å². The van der Waals surface area contributed by atoms with Crippen molar-refractivity contribution >= 4 is 15.9 Å². The summed E-state index contributed by atoms with van der Waals surface area (Å²) in [5.74, 6) is 0. The van der Waals surface area contributed by atoms with Gasteiger partial charge < -0.3 is 10.1 Å². The molecule has 0 bridgehead atoms. The van der Waals surface area contributed by atoms with E-state index in [2.05, 4.69) is 52.4 Å². The summed E-state index contributed by atoms with van der Waals surface area (Å²) in [6.07, 6.45) is 5.08. The first-order valence-corrected chi connectivity index (χ1v) is 7.69. The lowest BCUT2D eigenvalue weighted by Crippen LogP contribution is -2.44. The second-order valence-electron chi connectivity index (χ2n) is 4.86. The van der Waals surface area contributed by atoms with E-state index in [0.29, 0.717) is 12.1 Å². The van der Waals surface area contributed by atoms with Gasteiger partial charge in [-0.1, -0.05) is 41.1 Å². The van der Waals surface area contributed by atoms with E-state index in [1.54, 1.807) is 0 Å². The van der Waals surface area contributed by atoms with Gasteiger partial charge in [0.25, 0.3) is 0 Å². The second kappa shape index (κ2) is 7.27. The van der Waals surface area contributed by atoms with Gasteiger partial charge in [-0.3, -0.25) is 0 Å². The van der Waals surface area contributed by atoms with E-state index in [1.807, 2.05) is 0 Å². The van der Waals surface area contributed by atoms with E-state index in [9.17, 15) is 0 Å². The van der Waals surface area contributed by atoms with Gasteiger partial charge >= 0.3 is 0 Å². The summed E-state index contributed by atoms with van der Waals surface area (Å²) >= 11 is 3.63. The van der Waals surface area contributed by atoms with E-state index < -0.39 is 0 Å². The first-order chi connectivity index (χ1) is 8.81. The number of hydrogen-bond acceptors (Lipinski definition) is 2. The topological polar surface area (TPSA) is 21.3 Å². The Morgan fingerprint density at radius 3 is 2.89 bits per heavy atom. The normalized spacial score (nSPS) is 21.8.